The zero-order chi connectivity index (χ0) is 15.5. The van der Waals surface area contributed by atoms with Crippen molar-refractivity contribution in [3.8, 4) is 0 Å². The second-order valence-corrected chi connectivity index (χ2v) is 9.17. The molecule has 0 aromatic rings. The van der Waals surface area contributed by atoms with Crippen LogP contribution in [0, 0.1) is 34.5 Å². The van der Waals surface area contributed by atoms with Crippen LogP contribution in [0.25, 0.3) is 0 Å². The van der Waals surface area contributed by atoms with Gasteiger partial charge in [-0.05, 0) is 67.1 Å². The Morgan fingerprint density at radius 1 is 1.23 bits per heavy atom. The smallest absolute Gasteiger partial charge is 0.137 e. The van der Waals surface area contributed by atoms with E-state index in [1.54, 1.807) is 5.57 Å². The fourth-order valence-corrected chi connectivity index (χ4v) is 7.30. The molecule has 0 heterocycles. The molecular formula is C21H32O. The molecule has 122 valence electrons. The van der Waals surface area contributed by atoms with Crippen molar-refractivity contribution in [2.45, 2.75) is 78.6 Å². The summed E-state index contributed by atoms with van der Waals surface area (Å²) in [5.74, 6) is 3.21. The van der Waals surface area contributed by atoms with E-state index < -0.39 is 0 Å². The molecule has 0 unspecified atom stereocenters. The van der Waals surface area contributed by atoms with Crippen LogP contribution in [0.2, 0.25) is 0 Å². The molecule has 0 aliphatic heterocycles. The van der Waals surface area contributed by atoms with Crippen molar-refractivity contribution >= 4 is 5.78 Å². The number of fused-ring (bicyclic) bond motifs is 5. The third-order valence-electron chi connectivity index (χ3n) is 8.39. The SMILES string of the molecule is CC[C@H]1CC[C@H]2[C@@H]3CC=C4CCCC[C@]4(C)[C@H]3C(=O)C[C@]12C. The molecule has 1 nitrogen and oxygen atoms in total. The molecule has 0 saturated heterocycles. The molecule has 0 N–H and O–H groups in total. The van der Waals surface area contributed by atoms with Crippen molar-refractivity contribution in [1.29, 1.82) is 0 Å². The average molecular weight is 300 g/mol. The first-order chi connectivity index (χ1) is 10.5. The summed E-state index contributed by atoms with van der Waals surface area (Å²) >= 11 is 0. The van der Waals surface area contributed by atoms with Crippen LogP contribution in [-0.4, -0.2) is 5.78 Å². The van der Waals surface area contributed by atoms with Gasteiger partial charge in [0.15, 0.2) is 0 Å². The van der Waals surface area contributed by atoms with E-state index in [4.69, 9.17) is 0 Å². The average Bonchev–Trinajstić information content (AvgIpc) is 2.82. The van der Waals surface area contributed by atoms with E-state index in [1.807, 2.05) is 0 Å². The standard InChI is InChI=1S/C21H32O/c1-4-14-9-11-17-16-10-8-15-7-5-6-12-20(15,2)19(16)18(22)13-21(14,17)3/h8,14,16-17,19H,4-7,9-13H2,1-3H3/t14-,16-,17-,19+,20-,21+/m0/s1. The molecular weight excluding hydrogens is 268 g/mol. The Hall–Kier alpha value is -0.590. The van der Waals surface area contributed by atoms with E-state index in [0.717, 1.165) is 18.3 Å². The van der Waals surface area contributed by atoms with Gasteiger partial charge < -0.3 is 0 Å². The summed E-state index contributed by atoms with van der Waals surface area (Å²) in [7, 11) is 0. The Kier molecular flexibility index (Phi) is 3.37. The lowest BCUT2D eigenvalue weighted by molar-refractivity contribution is -0.143. The first-order valence-corrected chi connectivity index (χ1v) is 9.73. The summed E-state index contributed by atoms with van der Waals surface area (Å²) in [6, 6.07) is 0. The number of hydrogen-bond acceptors (Lipinski definition) is 1. The molecule has 0 radical (unpaired) electrons. The highest BCUT2D eigenvalue weighted by molar-refractivity contribution is 5.85. The van der Waals surface area contributed by atoms with Gasteiger partial charge in [-0.3, -0.25) is 4.79 Å². The summed E-state index contributed by atoms with van der Waals surface area (Å²) in [6.07, 6.45) is 13.8. The van der Waals surface area contributed by atoms with Crippen LogP contribution in [0.5, 0.6) is 0 Å². The summed E-state index contributed by atoms with van der Waals surface area (Å²) in [5, 5.41) is 0. The number of Topliss-reactive ketones (excluding diaryl/α,β-unsaturated/α-hetero) is 1. The Bertz CT molecular complexity index is 518. The van der Waals surface area contributed by atoms with Crippen molar-refractivity contribution in [2.24, 2.45) is 34.5 Å². The molecule has 0 aromatic heterocycles. The number of ketones is 1. The topological polar surface area (TPSA) is 17.1 Å². The number of carbonyl (C=O) groups is 1. The van der Waals surface area contributed by atoms with Gasteiger partial charge in [-0.15, -0.1) is 0 Å². The van der Waals surface area contributed by atoms with Gasteiger partial charge in [0.2, 0.25) is 0 Å². The molecule has 0 amide bonds. The molecule has 1 heteroatoms. The van der Waals surface area contributed by atoms with E-state index in [-0.39, 0.29) is 5.41 Å². The van der Waals surface area contributed by atoms with Crippen molar-refractivity contribution in [2.75, 3.05) is 0 Å². The van der Waals surface area contributed by atoms with Crippen LogP contribution in [0.4, 0.5) is 0 Å². The monoisotopic (exact) mass is 300 g/mol. The fraction of sp³-hybridized carbons (Fsp3) is 0.857. The highest BCUT2D eigenvalue weighted by Gasteiger charge is 2.60. The predicted molar refractivity (Wildman–Crippen MR) is 90.5 cm³/mol. The maximum Gasteiger partial charge on any atom is 0.137 e. The minimum absolute atomic E-state index is 0.212. The summed E-state index contributed by atoms with van der Waals surface area (Å²) < 4.78 is 0. The Labute approximate surface area is 135 Å². The highest BCUT2D eigenvalue weighted by atomic mass is 16.1. The third-order valence-corrected chi connectivity index (χ3v) is 8.39. The number of rotatable bonds is 1. The second-order valence-electron chi connectivity index (χ2n) is 9.17. The van der Waals surface area contributed by atoms with Crippen molar-refractivity contribution in [3.05, 3.63) is 11.6 Å². The van der Waals surface area contributed by atoms with Crippen molar-refractivity contribution in [3.63, 3.8) is 0 Å². The maximum atomic E-state index is 13.3. The lowest BCUT2D eigenvalue weighted by Gasteiger charge is -2.56. The molecule has 4 aliphatic rings. The normalized spacial score (nSPS) is 50.9. The van der Waals surface area contributed by atoms with Gasteiger partial charge in [0.25, 0.3) is 0 Å². The number of allylic oxidation sites excluding steroid dienone is 2. The summed E-state index contributed by atoms with van der Waals surface area (Å²) in [5.41, 5.74) is 2.16. The van der Waals surface area contributed by atoms with E-state index in [1.165, 1.54) is 51.4 Å². The van der Waals surface area contributed by atoms with Gasteiger partial charge in [0.05, 0.1) is 0 Å². The van der Waals surface area contributed by atoms with Crippen molar-refractivity contribution in [1.82, 2.24) is 0 Å². The highest BCUT2D eigenvalue weighted by Crippen LogP contribution is 2.65. The van der Waals surface area contributed by atoms with Crippen molar-refractivity contribution < 1.29 is 4.79 Å². The van der Waals surface area contributed by atoms with Gasteiger partial charge in [-0.25, -0.2) is 0 Å². The minimum atomic E-state index is 0.212. The molecule has 0 aromatic carbocycles. The maximum absolute atomic E-state index is 13.3. The molecule has 4 aliphatic carbocycles. The Morgan fingerprint density at radius 2 is 2.05 bits per heavy atom. The molecule has 3 saturated carbocycles. The van der Waals surface area contributed by atoms with E-state index in [0.29, 0.717) is 23.0 Å². The quantitative estimate of drug-likeness (QED) is 0.581. The zero-order valence-electron chi connectivity index (χ0n) is 14.7. The largest absolute Gasteiger partial charge is 0.299 e. The van der Waals surface area contributed by atoms with Gasteiger partial charge in [0.1, 0.15) is 5.78 Å². The molecule has 6 atom stereocenters. The molecule has 4 rings (SSSR count). The molecule has 3 fully saturated rings. The van der Waals surface area contributed by atoms with Crippen LogP contribution < -0.4 is 0 Å². The Morgan fingerprint density at radius 3 is 2.82 bits per heavy atom. The fourth-order valence-electron chi connectivity index (χ4n) is 7.30. The second kappa shape index (κ2) is 4.95. The van der Waals surface area contributed by atoms with Gasteiger partial charge in [-0.1, -0.05) is 45.3 Å². The van der Waals surface area contributed by atoms with Crippen LogP contribution in [0.3, 0.4) is 0 Å². The minimum Gasteiger partial charge on any atom is -0.299 e. The lowest BCUT2D eigenvalue weighted by Crippen LogP contribution is -2.54. The van der Waals surface area contributed by atoms with Crippen LogP contribution in [-0.2, 0) is 4.79 Å². The third kappa shape index (κ3) is 1.80. The first-order valence-electron chi connectivity index (χ1n) is 9.73. The number of carbonyl (C=O) groups excluding carboxylic acids is 1. The van der Waals surface area contributed by atoms with E-state index in [2.05, 4.69) is 26.8 Å². The van der Waals surface area contributed by atoms with Crippen LogP contribution >= 0.6 is 0 Å². The predicted octanol–water partition coefficient (Wildman–Crippen LogP) is 5.54. The lowest BCUT2D eigenvalue weighted by atomic mass is 9.47. The van der Waals surface area contributed by atoms with Gasteiger partial charge in [-0.2, -0.15) is 0 Å². The van der Waals surface area contributed by atoms with Gasteiger partial charge in [0, 0.05) is 12.3 Å². The molecule has 0 spiro atoms. The summed E-state index contributed by atoms with van der Waals surface area (Å²) in [4.78, 5) is 13.3. The zero-order valence-corrected chi connectivity index (χ0v) is 14.7. The first kappa shape index (κ1) is 15.0. The van der Waals surface area contributed by atoms with Gasteiger partial charge >= 0.3 is 0 Å². The van der Waals surface area contributed by atoms with Crippen LogP contribution in [0.1, 0.15) is 78.6 Å². The van der Waals surface area contributed by atoms with E-state index in [9.17, 15) is 4.79 Å². The Balaban J connectivity index is 1.74. The number of hydrogen-bond donors (Lipinski definition) is 0. The molecule has 22 heavy (non-hydrogen) atoms. The van der Waals surface area contributed by atoms with Crippen LogP contribution in [0.15, 0.2) is 11.6 Å². The summed E-state index contributed by atoms with van der Waals surface area (Å²) in [6.45, 7) is 7.22. The van der Waals surface area contributed by atoms with E-state index >= 15 is 0 Å². The molecule has 0 bridgehead atoms.